The summed E-state index contributed by atoms with van der Waals surface area (Å²) in [5, 5.41) is 33.9. The summed E-state index contributed by atoms with van der Waals surface area (Å²) in [5.41, 5.74) is 0.628. The summed E-state index contributed by atoms with van der Waals surface area (Å²) in [6, 6.07) is 2.30. The average molecular weight is 348 g/mol. The normalized spacial score (nSPS) is 30.8. The SMILES string of the molecule is OC[C@H]1O[C@@H](n2ccc3c(NC4CCCCC4)ncnc32)[C@H](O)[C@@H]1O. The number of anilines is 1. The number of ether oxygens (including phenoxy) is 1. The molecule has 0 unspecified atom stereocenters. The first-order valence-corrected chi connectivity index (χ1v) is 8.89. The molecule has 1 aliphatic carbocycles. The van der Waals surface area contributed by atoms with E-state index in [0.717, 1.165) is 24.0 Å². The first-order valence-electron chi connectivity index (χ1n) is 8.89. The highest BCUT2D eigenvalue weighted by atomic mass is 16.6. The van der Waals surface area contributed by atoms with Gasteiger partial charge in [-0.15, -0.1) is 0 Å². The first kappa shape index (κ1) is 16.7. The molecule has 4 atom stereocenters. The standard InChI is InChI=1S/C17H24N4O4/c22-8-12-13(23)14(24)17(25-12)21-7-6-11-15(18-9-19-16(11)21)20-10-4-2-1-3-5-10/h6-7,9-10,12-14,17,22-24H,1-5,8H2,(H,18,19,20)/t12-,13-,14-,17-/m1/s1. The Morgan fingerprint density at radius 3 is 2.68 bits per heavy atom. The fourth-order valence-electron chi connectivity index (χ4n) is 3.84. The topological polar surface area (TPSA) is 113 Å². The summed E-state index contributed by atoms with van der Waals surface area (Å²) in [7, 11) is 0. The minimum atomic E-state index is -1.13. The van der Waals surface area contributed by atoms with Crippen molar-refractivity contribution in [3.63, 3.8) is 0 Å². The molecule has 2 aromatic heterocycles. The van der Waals surface area contributed by atoms with Crippen LogP contribution in [0.4, 0.5) is 5.82 Å². The number of rotatable bonds is 4. The van der Waals surface area contributed by atoms with Crippen LogP contribution in [0.15, 0.2) is 18.6 Å². The summed E-state index contributed by atoms with van der Waals surface area (Å²) in [6.07, 6.45) is 5.44. The Bertz CT molecular complexity index is 731. The highest BCUT2D eigenvalue weighted by Crippen LogP contribution is 2.33. The van der Waals surface area contributed by atoms with Crippen molar-refractivity contribution in [2.75, 3.05) is 11.9 Å². The Kier molecular flexibility index (Phi) is 4.60. The molecule has 1 aliphatic heterocycles. The lowest BCUT2D eigenvalue weighted by atomic mass is 9.95. The van der Waals surface area contributed by atoms with E-state index in [1.54, 1.807) is 10.8 Å². The molecule has 4 rings (SSSR count). The molecule has 8 heteroatoms. The number of aliphatic hydroxyl groups is 3. The van der Waals surface area contributed by atoms with Crippen LogP contribution >= 0.6 is 0 Å². The molecule has 2 aliphatic rings. The Labute approximate surface area is 145 Å². The van der Waals surface area contributed by atoms with Crippen LogP contribution in [0.3, 0.4) is 0 Å². The number of nitrogens with zero attached hydrogens (tertiary/aromatic N) is 3. The summed E-state index contributed by atoms with van der Waals surface area (Å²) < 4.78 is 7.30. The van der Waals surface area contributed by atoms with Crippen LogP contribution in [-0.2, 0) is 4.74 Å². The molecule has 4 N–H and O–H groups in total. The zero-order valence-corrected chi connectivity index (χ0v) is 14.0. The second-order valence-corrected chi connectivity index (χ2v) is 6.89. The Balaban J connectivity index is 1.62. The minimum Gasteiger partial charge on any atom is -0.394 e. The molecular weight excluding hydrogens is 324 g/mol. The van der Waals surface area contributed by atoms with Gasteiger partial charge in [-0.3, -0.25) is 0 Å². The number of aliphatic hydroxyl groups excluding tert-OH is 3. The molecule has 25 heavy (non-hydrogen) atoms. The van der Waals surface area contributed by atoms with E-state index in [1.165, 1.54) is 25.6 Å². The molecule has 1 saturated carbocycles. The Morgan fingerprint density at radius 1 is 1.16 bits per heavy atom. The van der Waals surface area contributed by atoms with Gasteiger partial charge < -0.3 is 29.9 Å². The monoisotopic (exact) mass is 348 g/mol. The zero-order chi connectivity index (χ0) is 17.4. The van der Waals surface area contributed by atoms with Crippen molar-refractivity contribution in [1.82, 2.24) is 14.5 Å². The van der Waals surface area contributed by atoms with Gasteiger partial charge in [-0.05, 0) is 18.9 Å². The third-order valence-corrected chi connectivity index (χ3v) is 5.25. The third kappa shape index (κ3) is 2.99. The second-order valence-electron chi connectivity index (χ2n) is 6.89. The maximum Gasteiger partial charge on any atom is 0.164 e. The van der Waals surface area contributed by atoms with Gasteiger partial charge >= 0.3 is 0 Å². The molecule has 8 nitrogen and oxygen atoms in total. The predicted octanol–water partition coefficient (Wildman–Crippen LogP) is 0.787. The van der Waals surface area contributed by atoms with Crippen molar-refractivity contribution >= 4 is 16.9 Å². The number of hydrogen-bond donors (Lipinski definition) is 4. The van der Waals surface area contributed by atoms with Gasteiger partial charge in [-0.1, -0.05) is 19.3 Å². The highest BCUT2D eigenvalue weighted by Gasteiger charge is 2.43. The summed E-state index contributed by atoms with van der Waals surface area (Å²) in [6.45, 7) is -0.350. The lowest BCUT2D eigenvalue weighted by Gasteiger charge is -2.23. The number of hydrogen-bond acceptors (Lipinski definition) is 7. The molecule has 2 fully saturated rings. The van der Waals surface area contributed by atoms with Gasteiger partial charge in [0, 0.05) is 12.2 Å². The van der Waals surface area contributed by atoms with Crippen LogP contribution in [0.1, 0.15) is 38.3 Å². The predicted molar refractivity (Wildman–Crippen MR) is 91.0 cm³/mol. The summed E-state index contributed by atoms with van der Waals surface area (Å²) in [5.74, 6) is 0.780. The maximum atomic E-state index is 10.3. The van der Waals surface area contributed by atoms with Crippen molar-refractivity contribution in [2.24, 2.45) is 0 Å². The van der Waals surface area contributed by atoms with E-state index in [0.29, 0.717) is 11.7 Å². The van der Waals surface area contributed by atoms with Gasteiger partial charge in [0.2, 0.25) is 0 Å². The lowest BCUT2D eigenvalue weighted by Crippen LogP contribution is -2.33. The second kappa shape index (κ2) is 6.87. The maximum absolute atomic E-state index is 10.3. The number of fused-ring (bicyclic) bond motifs is 1. The summed E-state index contributed by atoms with van der Waals surface area (Å²) in [4.78, 5) is 8.70. The third-order valence-electron chi connectivity index (χ3n) is 5.25. The van der Waals surface area contributed by atoms with Gasteiger partial charge in [-0.25, -0.2) is 9.97 Å². The molecule has 0 spiro atoms. The largest absolute Gasteiger partial charge is 0.394 e. The molecule has 0 bridgehead atoms. The average Bonchev–Trinajstić information content (AvgIpc) is 3.18. The fraction of sp³-hybridized carbons (Fsp3) is 0.647. The van der Waals surface area contributed by atoms with E-state index in [-0.39, 0.29) is 6.61 Å². The highest BCUT2D eigenvalue weighted by molar-refractivity contribution is 5.87. The number of aromatic nitrogens is 3. The molecular formula is C17H24N4O4. The van der Waals surface area contributed by atoms with Crippen LogP contribution < -0.4 is 5.32 Å². The Hall–Kier alpha value is -1.74. The van der Waals surface area contributed by atoms with E-state index in [4.69, 9.17) is 4.74 Å². The van der Waals surface area contributed by atoms with Crippen molar-refractivity contribution in [3.8, 4) is 0 Å². The van der Waals surface area contributed by atoms with Gasteiger partial charge in [0.1, 0.15) is 36.1 Å². The molecule has 0 aromatic carbocycles. The van der Waals surface area contributed by atoms with Crippen LogP contribution in [0.2, 0.25) is 0 Å². The quantitative estimate of drug-likeness (QED) is 0.646. The minimum absolute atomic E-state index is 0.350. The van der Waals surface area contributed by atoms with Crippen molar-refractivity contribution in [2.45, 2.75) is 62.7 Å². The van der Waals surface area contributed by atoms with Crippen LogP contribution in [0.25, 0.3) is 11.0 Å². The molecule has 0 radical (unpaired) electrons. The molecule has 136 valence electrons. The first-order chi connectivity index (χ1) is 12.2. The van der Waals surface area contributed by atoms with Gasteiger partial charge in [-0.2, -0.15) is 0 Å². The van der Waals surface area contributed by atoms with Crippen LogP contribution in [0.5, 0.6) is 0 Å². The van der Waals surface area contributed by atoms with Crippen LogP contribution in [0, 0.1) is 0 Å². The van der Waals surface area contributed by atoms with E-state index in [1.807, 2.05) is 6.07 Å². The van der Waals surface area contributed by atoms with Crippen LogP contribution in [-0.4, -0.2) is 60.8 Å². The summed E-state index contributed by atoms with van der Waals surface area (Å²) >= 11 is 0. The smallest absolute Gasteiger partial charge is 0.164 e. The van der Waals surface area contributed by atoms with E-state index < -0.39 is 24.5 Å². The van der Waals surface area contributed by atoms with Crippen molar-refractivity contribution in [1.29, 1.82) is 0 Å². The van der Waals surface area contributed by atoms with Gasteiger partial charge in [0.05, 0.1) is 12.0 Å². The zero-order valence-electron chi connectivity index (χ0n) is 14.0. The van der Waals surface area contributed by atoms with E-state index >= 15 is 0 Å². The lowest BCUT2D eigenvalue weighted by molar-refractivity contribution is -0.0508. The van der Waals surface area contributed by atoms with E-state index in [2.05, 4.69) is 15.3 Å². The molecule has 2 aromatic rings. The van der Waals surface area contributed by atoms with Crippen molar-refractivity contribution < 1.29 is 20.1 Å². The molecule has 1 saturated heterocycles. The Morgan fingerprint density at radius 2 is 1.96 bits per heavy atom. The number of nitrogens with one attached hydrogen (secondary N) is 1. The van der Waals surface area contributed by atoms with Crippen molar-refractivity contribution in [3.05, 3.63) is 18.6 Å². The van der Waals surface area contributed by atoms with Gasteiger partial charge in [0.15, 0.2) is 6.23 Å². The fourth-order valence-corrected chi connectivity index (χ4v) is 3.84. The molecule has 3 heterocycles. The van der Waals surface area contributed by atoms with Gasteiger partial charge in [0.25, 0.3) is 0 Å². The molecule has 0 amide bonds. The van der Waals surface area contributed by atoms with E-state index in [9.17, 15) is 15.3 Å².